The lowest BCUT2D eigenvalue weighted by Gasteiger charge is -2.44. The summed E-state index contributed by atoms with van der Waals surface area (Å²) in [4.78, 5) is 49.8. The highest BCUT2D eigenvalue weighted by atomic mass is 79.9. The number of hydrogen-bond acceptors (Lipinski definition) is 10. The molecule has 0 unspecified atom stereocenters. The van der Waals surface area contributed by atoms with Gasteiger partial charge >= 0.3 is 23.9 Å². The molecule has 1 aliphatic rings. The Morgan fingerprint density at radius 3 is 1.74 bits per heavy atom. The molecule has 0 amide bonds. The Bertz CT molecular complexity index is 1220. The lowest BCUT2D eigenvalue weighted by molar-refractivity contribution is -0.229. The molecule has 3 rings (SSSR count). The minimum absolute atomic E-state index is 0.115. The average molecular weight is 690 g/mol. The Labute approximate surface area is 244 Å². The number of ether oxygens (including phenoxy) is 5. The van der Waals surface area contributed by atoms with Crippen LogP contribution in [0, 0.1) is 0 Å². The molecule has 0 aromatic heterocycles. The van der Waals surface area contributed by atoms with E-state index < -0.39 is 71.1 Å². The Morgan fingerprint density at radius 2 is 1.26 bits per heavy atom. The third-order valence-corrected chi connectivity index (χ3v) is 8.04. The topological polar surface area (TPSA) is 132 Å². The number of esters is 4. The van der Waals surface area contributed by atoms with Crippen molar-refractivity contribution in [2.24, 2.45) is 0 Å². The Hall–Kier alpha value is -2.61. The van der Waals surface area contributed by atoms with E-state index in [9.17, 15) is 23.4 Å². The monoisotopic (exact) mass is 688 g/mol. The zero-order valence-electron chi connectivity index (χ0n) is 21.2. The van der Waals surface area contributed by atoms with Gasteiger partial charge in [-0.1, -0.05) is 38.8 Å². The summed E-state index contributed by atoms with van der Waals surface area (Å²) < 4.78 is 42.5. The molecule has 1 fully saturated rings. The zero-order chi connectivity index (χ0) is 28.7. The standard InChI is InChI=1S/C26H26Br2O10S/c1-4-39(33)26-23(36-15(3)30)22(35-14(2)29)21(38-25(32)17-7-11-19(28)12-8-17)20(37-26)13-34-24(31)16-5-9-18(27)10-6-16/h5-12,20-23,26H,4,13H2,1-3H3/t20-,21-,22+,23-,26+,39+/m1/s1. The normalized spacial score (nSPS) is 23.3. The molecule has 210 valence electrons. The van der Waals surface area contributed by atoms with Crippen molar-refractivity contribution in [3.8, 4) is 0 Å². The molecule has 0 spiro atoms. The highest BCUT2D eigenvalue weighted by Crippen LogP contribution is 2.31. The Balaban J connectivity index is 1.97. The quantitative estimate of drug-likeness (QED) is 0.282. The van der Waals surface area contributed by atoms with E-state index in [0.29, 0.717) is 0 Å². The fourth-order valence-corrected chi connectivity index (χ4v) is 5.41. The maximum Gasteiger partial charge on any atom is 0.338 e. The second-order valence-electron chi connectivity index (χ2n) is 8.34. The van der Waals surface area contributed by atoms with E-state index in [1.54, 1.807) is 43.3 Å². The van der Waals surface area contributed by atoms with Crippen molar-refractivity contribution in [2.45, 2.75) is 50.6 Å². The Morgan fingerprint density at radius 1 is 0.769 bits per heavy atom. The zero-order valence-corrected chi connectivity index (χ0v) is 25.2. The van der Waals surface area contributed by atoms with Crippen molar-refractivity contribution in [2.75, 3.05) is 12.4 Å². The van der Waals surface area contributed by atoms with Crippen LogP contribution in [-0.2, 0) is 44.1 Å². The molecule has 6 atom stereocenters. The summed E-state index contributed by atoms with van der Waals surface area (Å²) >= 11 is 6.59. The van der Waals surface area contributed by atoms with Crippen LogP contribution in [-0.4, -0.2) is 70.3 Å². The molecule has 2 aromatic rings. The van der Waals surface area contributed by atoms with Gasteiger partial charge < -0.3 is 23.7 Å². The molecule has 2 aromatic carbocycles. The van der Waals surface area contributed by atoms with Gasteiger partial charge in [-0.25, -0.2) is 9.59 Å². The molecule has 0 radical (unpaired) electrons. The van der Waals surface area contributed by atoms with Crippen LogP contribution < -0.4 is 0 Å². The third kappa shape index (κ3) is 8.44. The van der Waals surface area contributed by atoms with Crippen LogP contribution in [0.1, 0.15) is 41.5 Å². The van der Waals surface area contributed by atoms with Gasteiger partial charge in [0.15, 0.2) is 23.7 Å². The van der Waals surface area contributed by atoms with Crippen molar-refractivity contribution in [3.05, 3.63) is 68.6 Å². The first-order valence-corrected chi connectivity index (χ1v) is 14.7. The van der Waals surface area contributed by atoms with E-state index in [0.717, 1.165) is 22.8 Å². The minimum Gasteiger partial charge on any atom is -0.459 e. The molecule has 1 heterocycles. The highest BCUT2D eigenvalue weighted by molar-refractivity contribution is 9.10. The summed E-state index contributed by atoms with van der Waals surface area (Å²) in [5.74, 6) is -2.89. The molecule has 0 saturated carbocycles. The molecule has 1 aliphatic heterocycles. The van der Waals surface area contributed by atoms with Gasteiger partial charge in [0.25, 0.3) is 0 Å². The number of carbonyl (C=O) groups excluding carboxylic acids is 4. The summed E-state index contributed by atoms with van der Waals surface area (Å²) in [6, 6.07) is 12.7. The summed E-state index contributed by atoms with van der Waals surface area (Å²) in [6.07, 6.45) is -5.39. The smallest absolute Gasteiger partial charge is 0.338 e. The van der Waals surface area contributed by atoms with Gasteiger partial charge in [0.2, 0.25) is 0 Å². The first-order valence-electron chi connectivity index (χ1n) is 11.8. The number of carbonyl (C=O) groups is 4. The van der Waals surface area contributed by atoms with Crippen molar-refractivity contribution in [1.82, 2.24) is 0 Å². The van der Waals surface area contributed by atoms with E-state index in [2.05, 4.69) is 31.9 Å². The second kappa shape index (κ2) is 14.1. The van der Waals surface area contributed by atoms with Crippen LogP contribution >= 0.6 is 31.9 Å². The first-order chi connectivity index (χ1) is 18.5. The van der Waals surface area contributed by atoms with Gasteiger partial charge in [0, 0.05) is 28.5 Å². The largest absolute Gasteiger partial charge is 0.459 e. The molecule has 0 bridgehead atoms. The van der Waals surface area contributed by atoms with E-state index >= 15 is 0 Å². The molecular weight excluding hydrogens is 664 g/mol. The molecule has 0 aliphatic carbocycles. The summed E-state index contributed by atoms with van der Waals surface area (Å²) in [7, 11) is -1.72. The minimum atomic E-state index is -1.72. The van der Waals surface area contributed by atoms with E-state index in [1.807, 2.05) is 0 Å². The van der Waals surface area contributed by atoms with Crippen molar-refractivity contribution in [3.63, 3.8) is 0 Å². The fraction of sp³-hybridized carbons (Fsp3) is 0.385. The lowest BCUT2D eigenvalue weighted by atomic mass is 9.99. The van der Waals surface area contributed by atoms with Crippen molar-refractivity contribution >= 4 is 66.5 Å². The molecule has 13 heteroatoms. The fourth-order valence-electron chi connectivity index (χ4n) is 3.78. The van der Waals surface area contributed by atoms with Gasteiger partial charge in [0.05, 0.1) is 21.9 Å². The van der Waals surface area contributed by atoms with Gasteiger partial charge in [-0.3, -0.25) is 13.8 Å². The van der Waals surface area contributed by atoms with Crippen LogP contribution in [0.4, 0.5) is 0 Å². The predicted octanol–water partition coefficient (Wildman–Crippen LogP) is 3.95. The first kappa shape index (κ1) is 30.9. The number of benzene rings is 2. The highest BCUT2D eigenvalue weighted by Gasteiger charge is 2.54. The van der Waals surface area contributed by atoms with E-state index in [4.69, 9.17) is 23.7 Å². The second-order valence-corrected chi connectivity index (χ2v) is 12.0. The maximum atomic E-state index is 13.1. The SMILES string of the molecule is CC[S@](=O)[C@@H]1O[C@H](COC(=O)c2ccc(Br)cc2)[C@@H](OC(=O)c2ccc(Br)cc2)[C@H](OC(C)=O)[C@H]1OC(C)=O. The molecule has 0 N–H and O–H groups in total. The summed E-state index contributed by atoms with van der Waals surface area (Å²) in [6.45, 7) is 3.44. The van der Waals surface area contributed by atoms with Crippen LogP contribution in [0.3, 0.4) is 0 Å². The van der Waals surface area contributed by atoms with Crippen LogP contribution in [0.5, 0.6) is 0 Å². The lowest BCUT2D eigenvalue weighted by Crippen LogP contribution is -2.63. The number of rotatable bonds is 9. The average Bonchev–Trinajstić information content (AvgIpc) is 2.89. The van der Waals surface area contributed by atoms with Gasteiger partial charge in [0.1, 0.15) is 12.7 Å². The van der Waals surface area contributed by atoms with Gasteiger partial charge in [-0.15, -0.1) is 0 Å². The van der Waals surface area contributed by atoms with E-state index in [1.165, 1.54) is 12.1 Å². The van der Waals surface area contributed by atoms with Gasteiger partial charge in [-0.05, 0) is 48.5 Å². The maximum absolute atomic E-state index is 13.1. The number of halogens is 2. The number of hydrogen-bond donors (Lipinski definition) is 0. The van der Waals surface area contributed by atoms with Gasteiger partial charge in [-0.2, -0.15) is 0 Å². The van der Waals surface area contributed by atoms with Crippen LogP contribution in [0.15, 0.2) is 57.5 Å². The van der Waals surface area contributed by atoms with Crippen molar-refractivity contribution in [1.29, 1.82) is 0 Å². The van der Waals surface area contributed by atoms with Crippen LogP contribution in [0.2, 0.25) is 0 Å². The summed E-state index contributed by atoms with van der Waals surface area (Å²) in [5, 5.41) is 0. The molecule has 39 heavy (non-hydrogen) atoms. The predicted molar refractivity (Wildman–Crippen MR) is 146 cm³/mol. The molecular formula is C26H26Br2O10S. The van der Waals surface area contributed by atoms with Crippen molar-refractivity contribution < 1.29 is 47.1 Å². The van der Waals surface area contributed by atoms with E-state index in [-0.39, 0.29) is 16.9 Å². The third-order valence-electron chi connectivity index (χ3n) is 5.52. The summed E-state index contributed by atoms with van der Waals surface area (Å²) in [5.41, 5.74) is -0.837. The molecule has 1 saturated heterocycles. The Kier molecular flexibility index (Phi) is 11.2. The van der Waals surface area contributed by atoms with Crippen LogP contribution in [0.25, 0.3) is 0 Å². The molecule has 10 nitrogen and oxygen atoms in total.